The van der Waals surface area contributed by atoms with Crippen molar-refractivity contribution >= 4 is 11.6 Å². The molecule has 1 aliphatic rings. The Morgan fingerprint density at radius 3 is 2.43 bits per heavy atom. The molecule has 0 aromatic carbocycles. The number of hydrogen-bond acceptors (Lipinski definition) is 4. The van der Waals surface area contributed by atoms with Crippen molar-refractivity contribution in [3.05, 3.63) is 11.9 Å². The first-order chi connectivity index (χ1) is 9.81. The van der Waals surface area contributed by atoms with E-state index in [4.69, 9.17) is 0 Å². The van der Waals surface area contributed by atoms with Gasteiger partial charge in [0, 0.05) is 19.2 Å². The van der Waals surface area contributed by atoms with E-state index in [9.17, 15) is 13.2 Å². The summed E-state index contributed by atoms with van der Waals surface area (Å²) in [6, 6.07) is 1.66. The van der Waals surface area contributed by atoms with E-state index in [1.807, 2.05) is 0 Å². The summed E-state index contributed by atoms with van der Waals surface area (Å²) in [6.07, 6.45) is -1.35. The second-order valence-corrected chi connectivity index (χ2v) is 5.73. The van der Waals surface area contributed by atoms with Gasteiger partial charge in [-0.15, -0.1) is 0 Å². The minimum atomic E-state index is -4.55. The van der Waals surface area contributed by atoms with Crippen LogP contribution in [0.25, 0.3) is 0 Å². The lowest BCUT2D eigenvalue weighted by atomic mass is 9.78. The van der Waals surface area contributed by atoms with Gasteiger partial charge in [-0.05, 0) is 18.3 Å². The average molecular weight is 302 g/mol. The summed E-state index contributed by atoms with van der Waals surface area (Å²) in [5, 5.41) is 5.80. The van der Waals surface area contributed by atoms with Crippen LogP contribution in [0.4, 0.5) is 24.8 Å². The van der Waals surface area contributed by atoms with Crippen molar-refractivity contribution in [1.29, 1.82) is 0 Å². The van der Waals surface area contributed by atoms with Gasteiger partial charge < -0.3 is 10.6 Å². The van der Waals surface area contributed by atoms with E-state index in [1.165, 1.54) is 19.5 Å². The van der Waals surface area contributed by atoms with E-state index < -0.39 is 12.0 Å². The quantitative estimate of drug-likeness (QED) is 0.892. The minimum absolute atomic E-state index is 0.148. The number of rotatable bonds is 3. The normalized spacial score (nSPS) is 26.5. The first-order valence-electron chi connectivity index (χ1n) is 7.22. The van der Waals surface area contributed by atoms with Crippen LogP contribution in [0, 0.1) is 11.8 Å². The third-order valence-corrected chi connectivity index (χ3v) is 4.28. The molecule has 118 valence electrons. The minimum Gasteiger partial charge on any atom is -0.373 e. The maximum atomic E-state index is 12.8. The lowest BCUT2D eigenvalue weighted by Gasteiger charge is -2.35. The summed E-state index contributed by atoms with van der Waals surface area (Å²) in [5.41, 5.74) is 0. The Kier molecular flexibility index (Phi) is 4.58. The van der Waals surface area contributed by atoms with Crippen LogP contribution < -0.4 is 10.6 Å². The Morgan fingerprint density at radius 1 is 1.14 bits per heavy atom. The van der Waals surface area contributed by atoms with Gasteiger partial charge in [-0.1, -0.05) is 26.7 Å². The molecule has 0 radical (unpaired) electrons. The van der Waals surface area contributed by atoms with E-state index in [0.29, 0.717) is 11.8 Å². The van der Waals surface area contributed by atoms with Crippen molar-refractivity contribution in [1.82, 2.24) is 9.97 Å². The van der Waals surface area contributed by atoms with Crippen molar-refractivity contribution in [2.24, 2.45) is 11.8 Å². The topological polar surface area (TPSA) is 49.8 Å². The van der Waals surface area contributed by atoms with E-state index in [2.05, 4.69) is 34.4 Å². The maximum absolute atomic E-state index is 12.8. The van der Waals surface area contributed by atoms with Crippen LogP contribution >= 0.6 is 0 Å². The molecule has 2 rings (SSSR count). The Balaban J connectivity index is 2.23. The Hall–Kier alpha value is -1.53. The zero-order valence-electron chi connectivity index (χ0n) is 12.5. The fourth-order valence-corrected chi connectivity index (χ4v) is 2.75. The van der Waals surface area contributed by atoms with Crippen LogP contribution in [0.1, 0.15) is 38.9 Å². The van der Waals surface area contributed by atoms with E-state index in [1.54, 1.807) is 0 Å². The van der Waals surface area contributed by atoms with Gasteiger partial charge >= 0.3 is 6.18 Å². The van der Waals surface area contributed by atoms with Gasteiger partial charge in [0.2, 0.25) is 5.82 Å². The highest BCUT2D eigenvalue weighted by Gasteiger charge is 2.36. The second-order valence-electron chi connectivity index (χ2n) is 5.73. The highest BCUT2D eigenvalue weighted by Crippen LogP contribution is 2.33. The van der Waals surface area contributed by atoms with Crippen molar-refractivity contribution < 1.29 is 13.2 Å². The van der Waals surface area contributed by atoms with Crippen LogP contribution in [0.5, 0.6) is 0 Å². The summed E-state index contributed by atoms with van der Waals surface area (Å²) < 4.78 is 38.5. The number of aromatic nitrogens is 2. The molecule has 21 heavy (non-hydrogen) atoms. The molecule has 1 fully saturated rings. The van der Waals surface area contributed by atoms with Gasteiger partial charge in [-0.2, -0.15) is 13.2 Å². The molecule has 0 bridgehead atoms. The second kappa shape index (κ2) is 6.07. The highest BCUT2D eigenvalue weighted by molar-refractivity contribution is 5.48. The van der Waals surface area contributed by atoms with E-state index in [-0.39, 0.29) is 17.7 Å². The zero-order valence-corrected chi connectivity index (χ0v) is 12.5. The standard InChI is InChI=1S/C14H21F3N4/c1-8-5-4-6-10(9(8)2)19-12-7-11(18-3)20-13(21-12)14(15,16)17/h7-10H,4-6H2,1-3H3,(H2,18,19,20,21). The van der Waals surface area contributed by atoms with Gasteiger partial charge in [0.25, 0.3) is 0 Å². The molecule has 1 heterocycles. The van der Waals surface area contributed by atoms with Crippen LogP contribution in [-0.4, -0.2) is 23.1 Å². The van der Waals surface area contributed by atoms with Crippen molar-refractivity contribution in [2.75, 3.05) is 17.7 Å². The third kappa shape index (κ3) is 3.77. The van der Waals surface area contributed by atoms with E-state index in [0.717, 1.165) is 12.8 Å². The number of nitrogens with one attached hydrogen (secondary N) is 2. The summed E-state index contributed by atoms with van der Waals surface area (Å²) in [5.74, 6) is 0.238. The largest absolute Gasteiger partial charge is 0.451 e. The molecule has 3 unspecified atom stereocenters. The molecule has 0 amide bonds. The molecular formula is C14H21F3N4. The molecule has 3 atom stereocenters. The molecule has 0 saturated heterocycles. The fraction of sp³-hybridized carbons (Fsp3) is 0.714. The van der Waals surface area contributed by atoms with Crippen LogP contribution in [0.15, 0.2) is 6.07 Å². The maximum Gasteiger partial charge on any atom is 0.451 e. The van der Waals surface area contributed by atoms with E-state index >= 15 is 0 Å². The SMILES string of the molecule is CNc1cc(NC2CCCC(C)C2C)nc(C(F)(F)F)n1. The number of halogens is 3. The molecule has 1 aliphatic carbocycles. The number of hydrogen-bond donors (Lipinski definition) is 2. The Labute approximate surface area is 122 Å². The van der Waals surface area contributed by atoms with Crippen molar-refractivity contribution in [2.45, 2.75) is 45.3 Å². The summed E-state index contributed by atoms with van der Waals surface area (Å²) in [7, 11) is 1.54. The number of alkyl halides is 3. The smallest absolute Gasteiger partial charge is 0.373 e. The van der Waals surface area contributed by atoms with Gasteiger partial charge in [-0.3, -0.25) is 0 Å². The molecule has 4 nitrogen and oxygen atoms in total. The molecule has 0 spiro atoms. The summed E-state index contributed by atoms with van der Waals surface area (Å²) in [4.78, 5) is 7.08. The monoisotopic (exact) mass is 302 g/mol. The average Bonchev–Trinajstić information content (AvgIpc) is 2.42. The lowest BCUT2D eigenvalue weighted by molar-refractivity contribution is -0.144. The molecule has 2 N–H and O–H groups in total. The van der Waals surface area contributed by atoms with Gasteiger partial charge in [-0.25, -0.2) is 9.97 Å². The molecule has 7 heteroatoms. The predicted octanol–water partition coefficient (Wildman–Crippen LogP) is 3.77. The van der Waals surface area contributed by atoms with Crippen LogP contribution in [-0.2, 0) is 6.18 Å². The molecular weight excluding hydrogens is 281 g/mol. The van der Waals surface area contributed by atoms with Crippen LogP contribution in [0.3, 0.4) is 0 Å². The Bertz CT molecular complexity index is 490. The van der Waals surface area contributed by atoms with Gasteiger partial charge in [0.05, 0.1) is 0 Å². The summed E-state index contributed by atoms with van der Waals surface area (Å²) in [6.45, 7) is 4.31. The van der Waals surface area contributed by atoms with Gasteiger partial charge in [0.15, 0.2) is 0 Å². The fourth-order valence-electron chi connectivity index (χ4n) is 2.75. The number of nitrogens with zero attached hydrogens (tertiary/aromatic N) is 2. The predicted molar refractivity (Wildman–Crippen MR) is 76.2 cm³/mol. The summed E-state index contributed by atoms with van der Waals surface area (Å²) >= 11 is 0. The third-order valence-electron chi connectivity index (χ3n) is 4.28. The highest BCUT2D eigenvalue weighted by atomic mass is 19.4. The molecule has 0 aliphatic heterocycles. The first kappa shape index (κ1) is 15.9. The van der Waals surface area contributed by atoms with Gasteiger partial charge in [0.1, 0.15) is 11.6 Å². The molecule has 1 saturated carbocycles. The van der Waals surface area contributed by atoms with Crippen LogP contribution in [0.2, 0.25) is 0 Å². The molecule has 1 aromatic rings. The molecule has 1 aromatic heterocycles. The Morgan fingerprint density at radius 2 is 1.81 bits per heavy atom. The van der Waals surface area contributed by atoms with Crippen molar-refractivity contribution in [3.8, 4) is 0 Å². The lowest BCUT2D eigenvalue weighted by Crippen LogP contribution is -2.35. The number of anilines is 2. The first-order valence-corrected chi connectivity index (χ1v) is 7.22. The van der Waals surface area contributed by atoms with Crippen molar-refractivity contribution in [3.63, 3.8) is 0 Å². The zero-order chi connectivity index (χ0) is 15.6.